The molecule has 0 heterocycles. The van der Waals surface area contributed by atoms with E-state index in [0.29, 0.717) is 28.1 Å². The second-order valence-electron chi connectivity index (χ2n) is 7.12. The number of benzene rings is 2. The molecule has 0 unspecified atom stereocenters. The summed E-state index contributed by atoms with van der Waals surface area (Å²) in [6, 6.07) is 8.86. The molecular weight excluding hydrogens is 467 g/mol. The third-order valence-corrected chi connectivity index (χ3v) is 4.93. The summed E-state index contributed by atoms with van der Waals surface area (Å²) in [5.74, 6) is 0.804. The van der Waals surface area contributed by atoms with Gasteiger partial charge in [-0.3, -0.25) is 4.79 Å². The average molecular weight is 490 g/mol. The topological polar surface area (TPSA) is 59.6 Å². The molecule has 28 heavy (non-hydrogen) atoms. The SMILES string of the molecule is COc1ccc(Br)c(CNc2ccc(Cl)cc2Cl)c1OCC(=O)NC(C)(C)C. The van der Waals surface area contributed by atoms with Crippen LogP contribution in [0.15, 0.2) is 34.8 Å². The van der Waals surface area contributed by atoms with E-state index in [1.807, 2.05) is 26.8 Å². The maximum Gasteiger partial charge on any atom is 0.258 e. The molecule has 0 saturated heterocycles. The predicted molar refractivity (Wildman–Crippen MR) is 118 cm³/mol. The van der Waals surface area contributed by atoms with Gasteiger partial charge in [0.05, 0.1) is 17.8 Å². The summed E-state index contributed by atoms with van der Waals surface area (Å²) in [6.45, 7) is 6.01. The molecule has 0 aliphatic heterocycles. The van der Waals surface area contributed by atoms with Crippen LogP contribution in [0.1, 0.15) is 26.3 Å². The van der Waals surface area contributed by atoms with Crippen LogP contribution in [-0.2, 0) is 11.3 Å². The Balaban J connectivity index is 2.21. The largest absolute Gasteiger partial charge is 0.493 e. The zero-order valence-corrected chi connectivity index (χ0v) is 19.3. The Morgan fingerprint density at radius 2 is 1.89 bits per heavy atom. The molecule has 0 radical (unpaired) electrons. The normalized spacial score (nSPS) is 11.1. The van der Waals surface area contributed by atoms with Gasteiger partial charge in [-0.25, -0.2) is 0 Å². The van der Waals surface area contributed by atoms with Crippen molar-refractivity contribution in [3.8, 4) is 11.5 Å². The second-order valence-corrected chi connectivity index (χ2v) is 8.82. The van der Waals surface area contributed by atoms with Crippen LogP contribution < -0.4 is 20.1 Å². The van der Waals surface area contributed by atoms with Crippen LogP contribution in [0.3, 0.4) is 0 Å². The summed E-state index contributed by atoms with van der Waals surface area (Å²) in [7, 11) is 1.55. The zero-order chi connectivity index (χ0) is 20.9. The second kappa shape index (κ2) is 9.72. The fourth-order valence-corrected chi connectivity index (χ4v) is 3.40. The van der Waals surface area contributed by atoms with Crippen LogP contribution in [0.2, 0.25) is 10.0 Å². The monoisotopic (exact) mass is 488 g/mol. The maximum absolute atomic E-state index is 12.1. The van der Waals surface area contributed by atoms with Crippen LogP contribution in [0, 0.1) is 0 Å². The number of ether oxygens (including phenoxy) is 2. The highest BCUT2D eigenvalue weighted by Gasteiger charge is 2.18. The van der Waals surface area contributed by atoms with Crippen molar-refractivity contribution in [3.63, 3.8) is 0 Å². The Morgan fingerprint density at radius 1 is 1.18 bits per heavy atom. The van der Waals surface area contributed by atoms with Gasteiger partial charge < -0.3 is 20.1 Å². The summed E-state index contributed by atoms with van der Waals surface area (Å²) >= 11 is 15.7. The molecule has 0 fully saturated rings. The van der Waals surface area contributed by atoms with E-state index in [2.05, 4.69) is 26.6 Å². The van der Waals surface area contributed by atoms with Gasteiger partial charge in [-0.1, -0.05) is 39.1 Å². The predicted octanol–water partition coefficient (Wildman–Crippen LogP) is 5.67. The number of nitrogens with one attached hydrogen (secondary N) is 2. The number of halogens is 3. The van der Waals surface area contributed by atoms with E-state index in [4.69, 9.17) is 32.7 Å². The molecule has 0 saturated carbocycles. The third kappa shape index (κ3) is 6.47. The van der Waals surface area contributed by atoms with Crippen molar-refractivity contribution in [2.24, 2.45) is 0 Å². The number of carbonyl (C=O) groups is 1. The minimum absolute atomic E-state index is 0.126. The lowest BCUT2D eigenvalue weighted by Crippen LogP contribution is -2.43. The fraction of sp³-hybridized carbons (Fsp3) is 0.350. The highest BCUT2D eigenvalue weighted by molar-refractivity contribution is 9.10. The Morgan fingerprint density at radius 3 is 2.50 bits per heavy atom. The van der Waals surface area contributed by atoms with Crippen molar-refractivity contribution in [2.75, 3.05) is 19.0 Å². The minimum atomic E-state index is -0.336. The smallest absolute Gasteiger partial charge is 0.258 e. The number of anilines is 1. The highest BCUT2D eigenvalue weighted by atomic mass is 79.9. The lowest BCUT2D eigenvalue weighted by Gasteiger charge is -2.22. The van der Waals surface area contributed by atoms with E-state index in [-0.39, 0.29) is 18.1 Å². The molecule has 5 nitrogen and oxygen atoms in total. The Kier molecular flexibility index (Phi) is 7.87. The zero-order valence-electron chi connectivity index (χ0n) is 16.2. The van der Waals surface area contributed by atoms with Gasteiger partial charge in [0.2, 0.25) is 0 Å². The molecule has 2 aromatic carbocycles. The van der Waals surface area contributed by atoms with Gasteiger partial charge in [0.15, 0.2) is 18.1 Å². The van der Waals surface area contributed by atoms with Crippen LogP contribution in [0.4, 0.5) is 5.69 Å². The third-order valence-electron chi connectivity index (χ3n) is 3.64. The molecule has 8 heteroatoms. The first kappa shape index (κ1) is 22.7. The molecule has 2 rings (SSSR count). The summed E-state index contributed by atoms with van der Waals surface area (Å²) in [6.07, 6.45) is 0. The molecule has 0 aromatic heterocycles. The van der Waals surface area contributed by atoms with Crippen LogP contribution in [-0.4, -0.2) is 25.2 Å². The van der Waals surface area contributed by atoms with E-state index in [9.17, 15) is 4.79 Å². The number of hydrogen-bond acceptors (Lipinski definition) is 4. The standard InChI is InChI=1S/C20H23BrCl2N2O3/c1-20(2,3)25-18(26)11-28-19-13(14(21)6-8-17(19)27-4)10-24-16-7-5-12(22)9-15(16)23/h5-9,24H,10-11H2,1-4H3,(H,25,26). The quantitative estimate of drug-likeness (QED) is 0.526. The van der Waals surface area contributed by atoms with Gasteiger partial charge in [-0.15, -0.1) is 0 Å². The van der Waals surface area contributed by atoms with Crippen molar-refractivity contribution in [3.05, 3.63) is 50.4 Å². The molecule has 2 N–H and O–H groups in total. The first-order valence-corrected chi connectivity index (χ1v) is 10.1. The molecule has 0 atom stereocenters. The van der Waals surface area contributed by atoms with Gasteiger partial charge in [0.1, 0.15) is 0 Å². The highest BCUT2D eigenvalue weighted by Crippen LogP contribution is 2.37. The van der Waals surface area contributed by atoms with Crippen molar-refractivity contribution < 1.29 is 14.3 Å². The summed E-state index contributed by atoms with van der Waals surface area (Å²) in [4.78, 5) is 12.1. The lowest BCUT2D eigenvalue weighted by molar-refractivity contribution is -0.124. The summed E-state index contributed by atoms with van der Waals surface area (Å²) in [5, 5.41) is 7.20. The Bertz CT molecular complexity index is 854. The van der Waals surface area contributed by atoms with Crippen molar-refractivity contribution >= 4 is 50.7 Å². The van der Waals surface area contributed by atoms with E-state index >= 15 is 0 Å². The molecule has 1 amide bonds. The maximum atomic E-state index is 12.1. The number of rotatable bonds is 7. The lowest BCUT2D eigenvalue weighted by atomic mass is 10.1. The number of amides is 1. The molecule has 0 aliphatic rings. The number of carbonyl (C=O) groups excluding carboxylic acids is 1. The molecule has 2 aromatic rings. The van der Waals surface area contributed by atoms with Gasteiger partial charge in [-0.05, 0) is 51.1 Å². The fourth-order valence-electron chi connectivity index (χ4n) is 2.47. The number of methoxy groups -OCH3 is 1. The van der Waals surface area contributed by atoms with Crippen molar-refractivity contribution in [1.82, 2.24) is 5.32 Å². The van der Waals surface area contributed by atoms with Crippen LogP contribution >= 0.6 is 39.1 Å². The molecule has 152 valence electrons. The van der Waals surface area contributed by atoms with E-state index in [1.54, 1.807) is 31.4 Å². The van der Waals surface area contributed by atoms with Gasteiger partial charge in [-0.2, -0.15) is 0 Å². The summed E-state index contributed by atoms with van der Waals surface area (Å²) < 4.78 is 12.1. The van der Waals surface area contributed by atoms with Gasteiger partial charge in [0.25, 0.3) is 5.91 Å². The van der Waals surface area contributed by atoms with Gasteiger partial charge in [0, 0.05) is 27.1 Å². The van der Waals surface area contributed by atoms with Crippen molar-refractivity contribution in [1.29, 1.82) is 0 Å². The molecular formula is C20H23BrCl2N2O3. The van der Waals surface area contributed by atoms with Crippen molar-refractivity contribution in [2.45, 2.75) is 32.9 Å². The average Bonchev–Trinajstić information content (AvgIpc) is 2.59. The number of hydrogen-bond donors (Lipinski definition) is 2. The van der Waals surface area contributed by atoms with Crippen LogP contribution in [0.5, 0.6) is 11.5 Å². The van der Waals surface area contributed by atoms with Crippen LogP contribution in [0.25, 0.3) is 0 Å². The molecule has 0 aliphatic carbocycles. The van der Waals surface area contributed by atoms with E-state index in [0.717, 1.165) is 15.7 Å². The Hall–Kier alpha value is -1.63. The van der Waals surface area contributed by atoms with Gasteiger partial charge >= 0.3 is 0 Å². The first-order chi connectivity index (χ1) is 13.1. The molecule has 0 bridgehead atoms. The van der Waals surface area contributed by atoms with E-state index < -0.39 is 0 Å². The Labute approximate surface area is 183 Å². The first-order valence-electron chi connectivity index (χ1n) is 8.59. The molecule has 0 spiro atoms. The van der Waals surface area contributed by atoms with E-state index in [1.165, 1.54) is 0 Å². The summed E-state index contributed by atoms with van der Waals surface area (Å²) in [5.41, 5.74) is 1.20. The minimum Gasteiger partial charge on any atom is -0.493 e.